The average molecular weight is 286 g/mol. The van der Waals surface area contributed by atoms with Crippen molar-refractivity contribution in [1.82, 2.24) is 4.98 Å². The van der Waals surface area contributed by atoms with Crippen LogP contribution in [0.2, 0.25) is 0 Å². The van der Waals surface area contributed by atoms with E-state index < -0.39 is 0 Å². The predicted molar refractivity (Wildman–Crippen MR) is 83.4 cm³/mol. The molecule has 3 N–H and O–H groups in total. The summed E-state index contributed by atoms with van der Waals surface area (Å²) < 4.78 is 5.97. The maximum atomic E-state index is 9.65. The summed E-state index contributed by atoms with van der Waals surface area (Å²) in [7, 11) is 0. The van der Waals surface area contributed by atoms with Crippen molar-refractivity contribution in [1.29, 1.82) is 0 Å². The van der Waals surface area contributed by atoms with Crippen molar-refractivity contribution in [2.45, 2.75) is 25.7 Å². The fraction of sp³-hybridized carbons (Fsp3) is 0.471. The van der Waals surface area contributed by atoms with Gasteiger partial charge in [-0.05, 0) is 54.8 Å². The minimum absolute atomic E-state index is 0.234. The Balaban J connectivity index is 1.77. The van der Waals surface area contributed by atoms with Crippen LogP contribution in [-0.2, 0) is 0 Å². The van der Waals surface area contributed by atoms with Crippen LogP contribution in [0.5, 0.6) is 11.6 Å². The zero-order valence-corrected chi connectivity index (χ0v) is 12.2. The largest absolute Gasteiger partial charge is 0.508 e. The van der Waals surface area contributed by atoms with Crippen LogP contribution in [0.15, 0.2) is 30.5 Å². The summed E-state index contributed by atoms with van der Waals surface area (Å²) >= 11 is 0. The van der Waals surface area contributed by atoms with E-state index in [0.717, 1.165) is 17.3 Å². The van der Waals surface area contributed by atoms with Gasteiger partial charge < -0.3 is 15.6 Å². The number of hydrogen-bond acceptors (Lipinski definition) is 4. The molecule has 4 nitrogen and oxygen atoms in total. The second kappa shape index (κ2) is 6.31. The van der Waals surface area contributed by atoms with E-state index in [4.69, 9.17) is 10.5 Å². The molecule has 4 heteroatoms. The molecule has 112 valence electrons. The summed E-state index contributed by atoms with van der Waals surface area (Å²) in [5.41, 5.74) is 5.87. The molecule has 21 heavy (non-hydrogen) atoms. The van der Waals surface area contributed by atoms with Gasteiger partial charge in [-0.25, -0.2) is 4.98 Å². The molecule has 0 aliphatic heterocycles. The van der Waals surface area contributed by atoms with Crippen LogP contribution in [0.4, 0.5) is 0 Å². The minimum Gasteiger partial charge on any atom is -0.508 e. The van der Waals surface area contributed by atoms with Crippen molar-refractivity contribution in [2.24, 2.45) is 17.6 Å². The smallest absolute Gasteiger partial charge is 0.221 e. The van der Waals surface area contributed by atoms with Gasteiger partial charge in [-0.3, -0.25) is 0 Å². The van der Waals surface area contributed by atoms with Gasteiger partial charge in [0.05, 0.1) is 6.61 Å². The second-order valence-electron chi connectivity index (χ2n) is 5.87. The summed E-state index contributed by atoms with van der Waals surface area (Å²) in [4.78, 5) is 4.32. The van der Waals surface area contributed by atoms with Crippen LogP contribution in [0.3, 0.4) is 0 Å². The lowest BCUT2D eigenvalue weighted by molar-refractivity contribution is 0.151. The van der Waals surface area contributed by atoms with E-state index in [9.17, 15) is 5.11 Å². The lowest BCUT2D eigenvalue weighted by Gasteiger charge is -2.30. The number of pyridine rings is 1. The van der Waals surface area contributed by atoms with E-state index >= 15 is 0 Å². The fourth-order valence-corrected chi connectivity index (χ4v) is 3.24. The number of benzene rings is 1. The summed E-state index contributed by atoms with van der Waals surface area (Å²) in [6.07, 6.45) is 6.66. The topological polar surface area (TPSA) is 68.4 Å². The molecule has 0 spiro atoms. The highest BCUT2D eigenvalue weighted by molar-refractivity contribution is 5.87. The highest BCUT2D eigenvalue weighted by Crippen LogP contribution is 2.31. The SMILES string of the molecule is NCC1CCCCC1COc1nccc2ccc(O)cc12. The first-order valence-corrected chi connectivity index (χ1v) is 7.68. The monoisotopic (exact) mass is 286 g/mol. The Morgan fingerprint density at radius 1 is 1.19 bits per heavy atom. The Morgan fingerprint density at radius 3 is 2.81 bits per heavy atom. The van der Waals surface area contributed by atoms with Crippen LogP contribution in [0.25, 0.3) is 10.8 Å². The Hall–Kier alpha value is -1.81. The third kappa shape index (κ3) is 3.10. The first-order valence-electron chi connectivity index (χ1n) is 7.68. The summed E-state index contributed by atoms with van der Waals surface area (Å²) in [5, 5.41) is 11.5. The number of ether oxygens (including phenoxy) is 1. The lowest BCUT2D eigenvalue weighted by atomic mass is 9.80. The Kier molecular flexibility index (Phi) is 4.25. The molecule has 1 heterocycles. The van der Waals surface area contributed by atoms with Crippen molar-refractivity contribution < 1.29 is 9.84 Å². The molecule has 0 radical (unpaired) electrons. The van der Waals surface area contributed by atoms with Gasteiger partial charge in [0, 0.05) is 11.6 Å². The zero-order chi connectivity index (χ0) is 14.7. The molecule has 1 fully saturated rings. The van der Waals surface area contributed by atoms with Crippen LogP contribution in [-0.4, -0.2) is 23.2 Å². The highest BCUT2D eigenvalue weighted by Gasteiger charge is 2.24. The molecule has 1 saturated carbocycles. The van der Waals surface area contributed by atoms with E-state index in [1.165, 1.54) is 25.7 Å². The van der Waals surface area contributed by atoms with Gasteiger partial charge in [-0.2, -0.15) is 0 Å². The number of phenols is 1. The molecule has 2 unspecified atom stereocenters. The van der Waals surface area contributed by atoms with Gasteiger partial charge in [0.1, 0.15) is 5.75 Å². The molecule has 1 aliphatic rings. The molecular weight excluding hydrogens is 264 g/mol. The van der Waals surface area contributed by atoms with Crippen molar-refractivity contribution >= 4 is 10.8 Å². The second-order valence-corrected chi connectivity index (χ2v) is 5.87. The Bertz CT molecular complexity index is 615. The Labute approximate surface area is 124 Å². The molecule has 1 aliphatic carbocycles. The van der Waals surface area contributed by atoms with E-state index in [-0.39, 0.29) is 5.75 Å². The first-order chi connectivity index (χ1) is 10.3. The molecule has 2 aromatic rings. The summed E-state index contributed by atoms with van der Waals surface area (Å²) in [6, 6.07) is 7.18. The quantitative estimate of drug-likeness (QED) is 0.906. The number of hydrogen-bond donors (Lipinski definition) is 2. The molecule has 0 bridgehead atoms. The molecule has 2 atom stereocenters. The predicted octanol–water partition coefficient (Wildman–Crippen LogP) is 3.08. The number of phenolic OH excluding ortho intramolecular Hbond substituents is 1. The maximum Gasteiger partial charge on any atom is 0.221 e. The van der Waals surface area contributed by atoms with Gasteiger partial charge in [0.15, 0.2) is 0 Å². The number of fused-ring (bicyclic) bond motifs is 1. The number of aromatic nitrogens is 1. The molecule has 0 amide bonds. The van der Waals surface area contributed by atoms with E-state index in [1.54, 1.807) is 18.3 Å². The normalized spacial score (nSPS) is 22.3. The van der Waals surface area contributed by atoms with Gasteiger partial charge in [-0.15, -0.1) is 0 Å². The van der Waals surface area contributed by atoms with E-state index in [2.05, 4.69) is 4.98 Å². The molecule has 1 aromatic carbocycles. The summed E-state index contributed by atoms with van der Waals surface area (Å²) in [5.74, 6) is 1.91. The third-order valence-corrected chi connectivity index (χ3v) is 4.52. The number of nitrogens with zero attached hydrogens (tertiary/aromatic N) is 1. The van der Waals surface area contributed by atoms with Crippen molar-refractivity contribution in [3.63, 3.8) is 0 Å². The van der Waals surface area contributed by atoms with Crippen LogP contribution >= 0.6 is 0 Å². The fourth-order valence-electron chi connectivity index (χ4n) is 3.24. The van der Waals surface area contributed by atoms with Gasteiger partial charge >= 0.3 is 0 Å². The Morgan fingerprint density at radius 2 is 2.00 bits per heavy atom. The molecule has 0 saturated heterocycles. The van der Waals surface area contributed by atoms with Gasteiger partial charge in [0.25, 0.3) is 0 Å². The number of aromatic hydroxyl groups is 1. The standard InChI is InChI=1S/C17H22N2O2/c18-10-13-3-1-2-4-14(13)11-21-17-16-9-15(20)6-5-12(16)7-8-19-17/h5-9,13-14,20H,1-4,10-11,18H2. The van der Waals surface area contributed by atoms with Gasteiger partial charge in [-0.1, -0.05) is 18.9 Å². The minimum atomic E-state index is 0.234. The average Bonchev–Trinajstić information content (AvgIpc) is 2.53. The lowest BCUT2D eigenvalue weighted by Crippen LogP contribution is -2.30. The van der Waals surface area contributed by atoms with Crippen molar-refractivity contribution in [3.8, 4) is 11.6 Å². The van der Waals surface area contributed by atoms with Crippen LogP contribution < -0.4 is 10.5 Å². The van der Waals surface area contributed by atoms with Crippen molar-refractivity contribution in [3.05, 3.63) is 30.5 Å². The molecular formula is C17H22N2O2. The van der Waals surface area contributed by atoms with Crippen LogP contribution in [0.1, 0.15) is 25.7 Å². The van der Waals surface area contributed by atoms with E-state index in [0.29, 0.717) is 24.3 Å². The maximum absolute atomic E-state index is 9.65. The third-order valence-electron chi connectivity index (χ3n) is 4.52. The highest BCUT2D eigenvalue weighted by atomic mass is 16.5. The molecule has 3 rings (SSSR count). The van der Waals surface area contributed by atoms with E-state index in [1.807, 2.05) is 12.1 Å². The van der Waals surface area contributed by atoms with Crippen molar-refractivity contribution in [2.75, 3.05) is 13.2 Å². The summed E-state index contributed by atoms with van der Waals surface area (Å²) in [6.45, 7) is 1.39. The van der Waals surface area contributed by atoms with Crippen LogP contribution in [0, 0.1) is 11.8 Å². The first kappa shape index (κ1) is 14.1. The molecule has 1 aromatic heterocycles. The van der Waals surface area contributed by atoms with Gasteiger partial charge in [0.2, 0.25) is 5.88 Å². The number of nitrogens with two attached hydrogens (primary N) is 1. The zero-order valence-electron chi connectivity index (χ0n) is 12.2. The number of rotatable bonds is 4.